The van der Waals surface area contributed by atoms with E-state index in [4.69, 9.17) is 0 Å². The third-order valence-electron chi connectivity index (χ3n) is 5.53. The molecule has 0 bridgehead atoms. The summed E-state index contributed by atoms with van der Waals surface area (Å²) in [6.07, 6.45) is 0. The summed E-state index contributed by atoms with van der Waals surface area (Å²) in [5.74, 6) is -0.603. The SMILES string of the molecule is O=C(Nc1cccc(SC(C(=O)Nc2nc(-c3cccs3)cs2)c2ccccc2)c1)c1ccc([N+](=O)[O-])cc1. The Kier molecular flexibility index (Phi) is 8.11. The smallest absolute Gasteiger partial charge is 0.269 e. The Morgan fingerprint density at radius 2 is 1.69 bits per heavy atom. The number of carbonyl (C=O) groups is 2. The minimum atomic E-state index is -0.569. The van der Waals surface area contributed by atoms with Crippen molar-refractivity contribution >= 4 is 62.8 Å². The lowest BCUT2D eigenvalue weighted by molar-refractivity contribution is -0.384. The fraction of sp³-hybridized carbons (Fsp3) is 0.0357. The Hall–Kier alpha value is -4.32. The molecule has 0 spiro atoms. The molecule has 3 aromatic carbocycles. The molecule has 0 fully saturated rings. The highest BCUT2D eigenvalue weighted by Gasteiger charge is 2.23. The van der Waals surface area contributed by atoms with Gasteiger partial charge < -0.3 is 10.6 Å². The van der Waals surface area contributed by atoms with Crippen LogP contribution in [-0.4, -0.2) is 21.7 Å². The van der Waals surface area contributed by atoms with Crippen molar-refractivity contribution in [3.8, 4) is 10.6 Å². The molecule has 2 N–H and O–H groups in total. The van der Waals surface area contributed by atoms with Gasteiger partial charge >= 0.3 is 0 Å². The van der Waals surface area contributed by atoms with Gasteiger partial charge in [0.25, 0.3) is 11.6 Å². The number of nitro benzene ring substituents is 1. The number of nitrogens with one attached hydrogen (secondary N) is 2. The van der Waals surface area contributed by atoms with Crippen LogP contribution in [0.5, 0.6) is 0 Å². The van der Waals surface area contributed by atoms with Gasteiger partial charge in [0.15, 0.2) is 5.13 Å². The number of anilines is 2. The van der Waals surface area contributed by atoms with Gasteiger partial charge in [-0.15, -0.1) is 34.4 Å². The molecule has 194 valence electrons. The van der Waals surface area contributed by atoms with E-state index in [1.807, 2.05) is 59.3 Å². The number of carbonyl (C=O) groups excluding carboxylic acids is 2. The number of non-ortho nitro benzene ring substituents is 1. The highest BCUT2D eigenvalue weighted by molar-refractivity contribution is 8.00. The van der Waals surface area contributed by atoms with Gasteiger partial charge in [0.1, 0.15) is 5.25 Å². The van der Waals surface area contributed by atoms with Crippen molar-refractivity contribution in [1.82, 2.24) is 4.98 Å². The average Bonchev–Trinajstić information content (AvgIpc) is 3.65. The number of hydrogen-bond acceptors (Lipinski definition) is 8. The zero-order chi connectivity index (χ0) is 27.2. The molecule has 8 nitrogen and oxygen atoms in total. The van der Waals surface area contributed by atoms with Crippen LogP contribution in [0.2, 0.25) is 0 Å². The van der Waals surface area contributed by atoms with Crippen LogP contribution in [0.3, 0.4) is 0 Å². The second-order valence-corrected chi connectivity index (χ2v) is 11.2. The Balaban J connectivity index is 1.32. The van der Waals surface area contributed by atoms with Crippen LogP contribution in [0, 0.1) is 10.1 Å². The van der Waals surface area contributed by atoms with Crippen molar-refractivity contribution in [1.29, 1.82) is 0 Å². The third kappa shape index (κ3) is 6.58. The predicted octanol–water partition coefficient (Wildman–Crippen LogP) is 7.50. The van der Waals surface area contributed by atoms with E-state index in [0.717, 1.165) is 21.0 Å². The zero-order valence-corrected chi connectivity index (χ0v) is 22.6. The fourth-order valence-electron chi connectivity index (χ4n) is 3.66. The van der Waals surface area contributed by atoms with E-state index in [1.54, 1.807) is 29.5 Å². The minimum Gasteiger partial charge on any atom is -0.322 e. The largest absolute Gasteiger partial charge is 0.322 e. The van der Waals surface area contributed by atoms with Gasteiger partial charge in [0.2, 0.25) is 5.91 Å². The lowest BCUT2D eigenvalue weighted by Crippen LogP contribution is -2.19. The first-order chi connectivity index (χ1) is 19.0. The lowest BCUT2D eigenvalue weighted by atomic mass is 10.1. The molecule has 0 aliphatic carbocycles. The maximum atomic E-state index is 13.5. The molecular weight excluding hydrogens is 553 g/mol. The number of nitro groups is 1. The summed E-state index contributed by atoms with van der Waals surface area (Å²) in [5, 5.41) is 20.5. The maximum Gasteiger partial charge on any atom is 0.269 e. The molecule has 1 atom stereocenters. The van der Waals surface area contributed by atoms with Crippen LogP contribution in [0.4, 0.5) is 16.5 Å². The van der Waals surface area contributed by atoms with Crippen LogP contribution < -0.4 is 10.6 Å². The summed E-state index contributed by atoms with van der Waals surface area (Å²) in [6, 6.07) is 26.0. The van der Waals surface area contributed by atoms with Crippen LogP contribution in [0.25, 0.3) is 10.6 Å². The predicted molar refractivity (Wildman–Crippen MR) is 157 cm³/mol. The van der Waals surface area contributed by atoms with Crippen molar-refractivity contribution in [3.63, 3.8) is 0 Å². The van der Waals surface area contributed by atoms with Gasteiger partial charge in [0, 0.05) is 33.7 Å². The molecule has 1 unspecified atom stereocenters. The Morgan fingerprint density at radius 3 is 2.41 bits per heavy atom. The number of thioether (sulfide) groups is 1. The van der Waals surface area contributed by atoms with Gasteiger partial charge in [-0.05, 0) is 47.3 Å². The monoisotopic (exact) mass is 572 g/mol. The maximum absolute atomic E-state index is 13.5. The first kappa shape index (κ1) is 26.3. The number of thiazole rings is 1. The molecule has 0 saturated heterocycles. The number of aromatic nitrogens is 1. The second-order valence-electron chi connectivity index (χ2n) is 8.20. The van der Waals surface area contributed by atoms with E-state index in [-0.39, 0.29) is 11.6 Å². The van der Waals surface area contributed by atoms with E-state index < -0.39 is 16.1 Å². The molecule has 0 radical (unpaired) electrons. The summed E-state index contributed by atoms with van der Waals surface area (Å²) < 4.78 is 0. The van der Waals surface area contributed by atoms with Crippen molar-refractivity contribution < 1.29 is 14.5 Å². The molecule has 2 aromatic heterocycles. The Bertz CT molecular complexity index is 1600. The zero-order valence-electron chi connectivity index (χ0n) is 20.1. The number of hydrogen-bond donors (Lipinski definition) is 2. The summed E-state index contributed by atoms with van der Waals surface area (Å²) in [6.45, 7) is 0. The highest BCUT2D eigenvalue weighted by Crippen LogP contribution is 2.38. The van der Waals surface area contributed by atoms with Crippen molar-refractivity contribution in [2.24, 2.45) is 0 Å². The number of nitrogens with zero attached hydrogens (tertiary/aromatic N) is 2. The van der Waals surface area contributed by atoms with E-state index in [9.17, 15) is 19.7 Å². The van der Waals surface area contributed by atoms with Gasteiger partial charge in [-0.25, -0.2) is 4.98 Å². The molecule has 2 amide bonds. The number of thiophene rings is 1. The van der Waals surface area contributed by atoms with Gasteiger partial charge in [-0.3, -0.25) is 19.7 Å². The van der Waals surface area contributed by atoms with E-state index in [1.165, 1.54) is 47.4 Å². The van der Waals surface area contributed by atoms with Crippen LogP contribution in [0.1, 0.15) is 21.2 Å². The van der Waals surface area contributed by atoms with Gasteiger partial charge in [-0.2, -0.15) is 0 Å². The quantitative estimate of drug-likeness (QED) is 0.107. The van der Waals surface area contributed by atoms with Gasteiger partial charge in [0.05, 0.1) is 15.5 Å². The van der Waals surface area contributed by atoms with Crippen LogP contribution in [0.15, 0.2) is 107 Å². The normalized spacial score (nSPS) is 11.5. The molecular formula is C28H20N4O4S3. The van der Waals surface area contributed by atoms with Gasteiger partial charge in [-0.1, -0.05) is 42.5 Å². The summed E-state index contributed by atoms with van der Waals surface area (Å²) in [4.78, 5) is 42.9. The Morgan fingerprint density at radius 1 is 0.897 bits per heavy atom. The van der Waals surface area contributed by atoms with E-state index in [0.29, 0.717) is 16.4 Å². The lowest BCUT2D eigenvalue weighted by Gasteiger charge is -2.17. The molecule has 39 heavy (non-hydrogen) atoms. The molecule has 2 heterocycles. The standard InChI is InChI=1S/C28H20N4O4S3/c33-26(19-11-13-21(14-12-19)32(35)36)29-20-8-4-9-22(16-20)39-25(18-6-2-1-3-7-18)27(34)31-28-30-23(17-38-28)24-10-5-15-37-24/h1-17,25H,(H,29,33)(H,30,31,34). The molecule has 11 heteroatoms. The number of amides is 2. The molecule has 0 aliphatic heterocycles. The van der Waals surface area contributed by atoms with Crippen molar-refractivity contribution in [3.05, 3.63) is 123 Å². The number of rotatable bonds is 9. The average molecular weight is 573 g/mol. The van der Waals surface area contributed by atoms with Crippen LogP contribution >= 0.6 is 34.4 Å². The van der Waals surface area contributed by atoms with E-state index in [2.05, 4.69) is 15.6 Å². The molecule has 0 saturated carbocycles. The molecule has 5 rings (SSSR count). The van der Waals surface area contributed by atoms with Crippen molar-refractivity contribution in [2.45, 2.75) is 10.1 Å². The fourth-order valence-corrected chi connectivity index (χ4v) is 6.22. The third-order valence-corrected chi connectivity index (χ3v) is 8.43. The first-order valence-corrected chi connectivity index (χ1v) is 14.3. The minimum absolute atomic E-state index is 0.0873. The first-order valence-electron chi connectivity index (χ1n) is 11.6. The summed E-state index contributed by atoms with van der Waals surface area (Å²) in [7, 11) is 0. The van der Waals surface area contributed by atoms with Crippen molar-refractivity contribution in [2.75, 3.05) is 10.6 Å². The number of benzene rings is 3. The van der Waals surface area contributed by atoms with Crippen LogP contribution in [-0.2, 0) is 4.79 Å². The van der Waals surface area contributed by atoms with E-state index >= 15 is 0 Å². The molecule has 0 aliphatic rings. The topological polar surface area (TPSA) is 114 Å². The Labute approximate surface area is 235 Å². The summed E-state index contributed by atoms with van der Waals surface area (Å²) >= 11 is 4.32. The summed E-state index contributed by atoms with van der Waals surface area (Å²) in [5.41, 5.74) is 2.40. The highest BCUT2D eigenvalue weighted by atomic mass is 32.2. The second kappa shape index (κ2) is 12.0. The molecule has 5 aromatic rings.